The molecule has 3 heteroatoms. The Bertz CT molecular complexity index is 438. The summed E-state index contributed by atoms with van der Waals surface area (Å²) < 4.78 is 5.16. The van der Waals surface area contributed by atoms with Crippen LogP contribution in [-0.4, -0.2) is 31.6 Å². The van der Waals surface area contributed by atoms with Gasteiger partial charge in [0.05, 0.1) is 6.61 Å². The highest BCUT2D eigenvalue weighted by Gasteiger charge is 2.26. The van der Waals surface area contributed by atoms with Crippen LogP contribution in [0.5, 0.6) is 0 Å². The normalized spacial score (nSPS) is 12.6. The van der Waals surface area contributed by atoms with Gasteiger partial charge in [-0.3, -0.25) is 4.90 Å². The second-order valence-electron chi connectivity index (χ2n) is 4.91. The van der Waals surface area contributed by atoms with E-state index in [0.717, 1.165) is 11.1 Å². The van der Waals surface area contributed by atoms with E-state index < -0.39 is 0 Å². The van der Waals surface area contributed by atoms with E-state index in [2.05, 4.69) is 26.0 Å². The summed E-state index contributed by atoms with van der Waals surface area (Å²) in [6.07, 6.45) is 0. The van der Waals surface area contributed by atoms with Crippen LogP contribution < -0.4 is 0 Å². The molecular weight excluding hydrogens is 226 g/mol. The molecule has 0 aromatic heterocycles. The summed E-state index contributed by atoms with van der Waals surface area (Å²) in [7, 11) is 3.80. The van der Waals surface area contributed by atoms with Crippen molar-refractivity contribution in [2.45, 2.75) is 33.7 Å². The molecule has 1 aromatic rings. The predicted molar refractivity (Wildman–Crippen MR) is 73.7 cm³/mol. The van der Waals surface area contributed by atoms with Gasteiger partial charge < -0.3 is 4.74 Å². The van der Waals surface area contributed by atoms with Gasteiger partial charge in [0, 0.05) is 0 Å². The quantitative estimate of drug-likeness (QED) is 0.768. The highest BCUT2D eigenvalue weighted by atomic mass is 16.5. The minimum Gasteiger partial charge on any atom is -0.465 e. The summed E-state index contributed by atoms with van der Waals surface area (Å²) in [6, 6.07) is 3.89. The van der Waals surface area contributed by atoms with Crippen LogP contribution in [-0.2, 0) is 9.53 Å². The standard InChI is InChI=1S/C15H23NO2/c1-7-18-15(17)14(16(5)6)13-9-11(3)10(2)8-12(13)4/h8-9,14H,7H2,1-6H3. The first kappa shape index (κ1) is 14.7. The molecule has 0 aliphatic heterocycles. The predicted octanol–water partition coefficient (Wildman–Crippen LogP) is 2.78. The fourth-order valence-electron chi connectivity index (χ4n) is 2.11. The number of esters is 1. The molecule has 100 valence electrons. The Balaban J connectivity index is 3.22. The van der Waals surface area contributed by atoms with Crippen molar-refractivity contribution in [1.82, 2.24) is 4.90 Å². The smallest absolute Gasteiger partial charge is 0.327 e. The zero-order chi connectivity index (χ0) is 13.9. The molecule has 0 bridgehead atoms. The van der Waals surface area contributed by atoms with Crippen molar-refractivity contribution in [3.63, 3.8) is 0 Å². The molecule has 1 atom stereocenters. The van der Waals surface area contributed by atoms with Crippen LogP contribution in [0.15, 0.2) is 12.1 Å². The van der Waals surface area contributed by atoms with Crippen molar-refractivity contribution in [3.05, 3.63) is 34.4 Å². The number of carbonyl (C=O) groups is 1. The Labute approximate surface area is 110 Å². The average Bonchev–Trinajstić information content (AvgIpc) is 2.25. The van der Waals surface area contributed by atoms with E-state index >= 15 is 0 Å². The third kappa shape index (κ3) is 3.10. The summed E-state index contributed by atoms with van der Waals surface area (Å²) in [4.78, 5) is 14.0. The first-order valence-electron chi connectivity index (χ1n) is 6.29. The lowest BCUT2D eigenvalue weighted by atomic mass is 9.95. The van der Waals surface area contributed by atoms with Gasteiger partial charge in [-0.15, -0.1) is 0 Å². The number of benzene rings is 1. The molecule has 1 aromatic carbocycles. The fraction of sp³-hybridized carbons (Fsp3) is 0.533. The number of ether oxygens (including phenoxy) is 1. The maximum atomic E-state index is 12.1. The number of likely N-dealkylation sites (N-methyl/N-ethyl adjacent to an activating group) is 1. The molecule has 0 aliphatic rings. The maximum Gasteiger partial charge on any atom is 0.327 e. The molecule has 3 nitrogen and oxygen atoms in total. The average molecular weight is 249 g/mol. The molecule has 0 aliphatic carbocycles. The minimum absolute atomic E-state index is 0.186. The van der Waals surface area contributed by atoms with Crippen LogP contribution in [0.2, 0.25) is 0 Å². The number of nitrogens with zero attached hydrogens (tertiary/aromatic N) is 1. The Morgan fingerprint density at radius 3 is 2.22 bits per heavy atom. The van der Waals surface area contributed by atoms with E-state index in [0.29, 0.717) is 6.61 Å². The molecule has 0 saturated heterocycles. The molecule has 1 unspecified atom stereocenters. The number of rotatable bonds is 4. The van der Waals surface area contributed by atoms with E-state index in [4.69, 9.17) is 4.74 Å². The second kappa shape index (κ2) is 6.01. The van der Waals surface area contributed by atoms with E-state index in [-0.39, 0.29) is 12.0 Å². The fourth-order valence-corrected chi connectivity index (χ4v) is 2.11. The first-order valence-corrected chi connectivity index (χ1v) is 6.29. The molecule has 0 heterocycles. The van der Waals surface area contributed by atoms with Crippen molar-refractivity contribution in [1.29, 1.82) is 0 Å². The van der Waals surface area contributed by atoms with Crippen molar-refractivity contribution in [2.24, 2.45) is 0 Å². The van der Waals surface area contributed by atoms with Crippen molar-refractivity contribution < 1.29 is 9.53 Å². The highest BCUT2D eigenvalue weighted by molar-refractivity contribution is 5.78. The largest absolute Gasteiger partial charge is 0.465 e. The lowest BCUT2D eigenvalue weighted by Crippen LogP contribution is -2.30. The second-order valence-corrected chi connectivity index (χ2v) is 4.91. The van der Waals surface area contributed by atoms with Gasteiger partial charge in [0.15, 0.2) is 0 Å². The molecule has 0 radical (unpaired) electrons. The van der Waals surface area contributed by atoms with Gasteiger partial charge in [-0.2, -0.15) is 0 Å². The summed E-state index contributed by atoms with van der Waals surface area (Å²) in [6.45, 7) is 8.43. The van der Waals surface area contributed by atoms with Gasteiger partial charge in [0.25, 0.3) is 0 Å². The number of carbonyl (C=O) groups excluding carboxylic acids is 1. The highest BCUT2D eigenvalue weighted by Crippen LogP contribution is 2.26. The summed E-state index contributed by atoms with van der Waals surface area (Å²) in [5, 5.41) is 0. The van der Waals surface area contributed by atoms with Gasteiger partial charge in [-0.05, 0) is 64.0 Å². The maximum absolute atomic E-state index is 12.1. The zero-order valence-corrected chi connectivity index (χ0v) is 12.2. The lowest BCUT2D eigenvalue weighted by molar-refractivity contribution is -0.148. The minimum atomic E-state index is -0.329. The van der Waals surface area contributed by atoms with E-state index in [1.54, 1.807) is 0 Å². The number of hydrogen-bond acceptors (Lipinski definition) is 3. The van der Waals surface area contributed by atoms with Crippen LogP contribution in [0.1, 0.15) is 35.2 Å². The van der Waals surface area contributed by atoms with Crippen molar-refractivity contribution >= 4 is 5.97 Å². The van der Waals surface area contributed by atoms with Crippen molar-refractivity contribution in [2.75, 3.05) is 20.7 Å². The first-order chi connectivity index (χ1) is 8.38. The van der Waals surface area contributed by atoms with Crippen molar-refractivity contribution in [3.8, 4) is 0 Å². The zero-order valence-electron chi connectivity index (χ0n) is 12.2. The van der Waals surface area contributed by atoms with Crippen LogP contribution in [0.25, 0.3) is 0 Å². The van der Waals surface area contributed by atoms with E-state index in [9.17, 15) is 4.79 Å². The topological polar surface area (TPSA) is 29.5 Å². The van der Waals surface area contributed by atoms with Gasteiger partial charge in [-0.1, -0.05) is 12.1 Å². The molecular formula is C15H23NO2. The SMILES string of the molecule is CCOC(=O)C(c1cc(C)c(C)cc1C)N(C)C. The third-order valence-electron chi connectivity index (χ3n) is 3.20. The van der Waals surface area contributed by atoms with Gasteiger partial charge in [0.1, 0.15) is 6.04 Å². The third-order valence-corrected chi connectivity index (χ3v) is 3.20. The van der Waals surface area contributed by atoms with E-state index in [1.165, 1.54) is 11.1 Å². The Morgan fingerprint density at radius 1 is 1.17 bits per heavy atom. The summed E-state index contributed by atoms with van der Waals surface area (Å²) in [5.41, 5.74) is 4.61. The molecule has 0 fully saturated rings. The molecule has 0 N–H and O–H groups in total. The van der Waals surface area contributed by atoms with Crippen LogP contribution in [0.4, 0.5) is 0 Å². The lowest BCUT2D eigenvalue weighted by Gasteiger charge is -2.25. The number of hydrogen-bond donors (Lipinski definition) is 0. The van der Waals surface area contributed by atoms with Crippen LogP contribution in [0, 0.1) is 20.8 Å². The molecule has 1 rings (SSSR count). The summed E-state index contributed by atoms with van der Waals surface area (Å²) in [5.74, 6) is -0.186. The summed E-state index contributed by atoms with van der Waals surface area (Å²) >= 11 is 0. The molecule has 0 amide bonds. The Morgan fingerprint density at radius 2 is 1.72 bits per heavy atom. The monoisotopic (exact) mass is 249 g/mol. The molecule has 0 saturated carbocycles. The van der Waals surface area contributed by atoms with Crippen LogP contribution >= 0.6 is 0 Å². The van der Waals surface area contributed by atoms with Gasteiger partial charge in [-0.25, -0.2) is 4.79 Å². The molecule has 18 heavy (non-hydrogen) atoms. The number of aryl methyl sites for hydroxylation is 3. The van der Waals surface area contributed by atoms with Gasteiger partial charge in [0.2, 0.25) is 0 Å². The molecule has 0 spiro atoms. The van der Waals surface area contributed by atoms with Crippen LogP contribution in [0.3, 0.4) is 0 Å². The Hall–Kier alpha value is -1.35. The van der Waals surface area contributed by atoms with E-state index in [1.807, 2.05) is 32.8 Å². The Kier molecular flexibility index (Phi) is 4.91. The van der Waals surface area contributed by atoms with Gasteiger partial charge >= 0.3 is 5.97 Å².